The van der Waals surface area contributed by atoms with Crippen molar-refractivity contribution in [1.82, 2.24) is 14.7 Å². The summed E-state index contributed by atoms with van der Waals surface area (Å²) in [4.78, 5) is 42.9. The summed E-state index contributed by atoms with van der Waals surface area (Å²) >= 11 is 6.28. The fourth-order valence-corrected chi connectivity index (χ4v) is 5.78. The standard InChI is InChI=1S/C29H37ClN4O4.C2HF3O2/c1-22(35)33-12-8-24(9-13-33)29(36)34(26-5-2-4-25(30)19-26)11-3-10-31-14-16-32(17-15-31)20-23-6-7-27-28(18-23)38-21-37-27;3-2(4,5)1(6)7/h2,4-7,18-19,24H,3,8-17,20-21H2,1H3;(H,6,7). The second kappa shape index (κ2) is 15.6. The van der Waals surface area contributed by atoms with Crippen LogP contribution in [0.3, 0.4) is 0 Å². The molecule has 3 aliphatic heterocycles. The summed E-state index contributed by atoms with van der Waals surface area (Å²) in [6, 6.07) is 13.8. The third-order valence-electron chi connectivity index (χ3n) is 8.08. The lowest BCUT2D eigenvalue weighted by Crippen LogP contribution is -2.47. The Morgan fingerprint density at radius 3 is 2.22 bits per heavy atom. The molecule has 3 heterocycles. The molecule has 45 heavy (non-hydrogen) atoms. The number of piperidine rings is 1. The van der Waals surface area contributed by atoms with Crippen molar-refractivity contribution < 1.29 is 42.1 Å². The Hall–Kier alpha value is -3.55. The predicted molar refractivity (Wildman–Crippen MR) is 161 cm³/mol. The van der Waals surface area contributed by atoms with Crippen LogP contribution in [-0.2, 0) is 20.9 Å². The number of carboxylic acids is 1. The lowest BCUT2D eigenvalue weighted by molar-refractivity contribution is -0.192. The van der Waals surface area contributed by atoms with Crippen LogP contribution >= 0.6 is 11.6 Å². The number of anilines is 1. The molecular weight excluding hydrogens is 617 g/mol. The summed E-state index contributed by atoms with van der Waals surface area (Å²) in [5.74, 6) is -0.936. The van der Waals surface area contributed by atoms with Crippen LogP contribution in [0.2, 0.25) is 5.02 Å². The Labute approximate surface area is 265 Å². The molecule has 2 saturated heterocycles. The second-order valence-electron chi connectivity index (χ2n) is 11.2. The number of piperazine rings is 1. The van der Waals surface area contributed by atoms with Gasteiger partial charge in [0.25, 0.3) is 0 Å². The van der Waals surface area contributed by atoms with E-state index in [1.807, 2.05) is 40.1 Å². The summed E-state index contributed by atoms with van der Waals surface area (Å²) in [5.41, 5.74) is 2.09. The van der Waals surface area contributed by atoms with Crippen LogP contribution in [0.4, 0.5) is 18.9 Å². The predicted octanol–water partition coefficient (Wildman–Crippen LogP) is 4.50. The van der Waals surface area contributed by atoms with E-state index in [2.05, 4.69) is 21.9 Å². The topological polar surface area (TPSA) is 103 Å². The monoisotopic (exact) mass is 654 g/mol. The molecule has 5 rings (SSSR count). The molecule has 3 aliphatic rings. The van der Waals surface area contributed by atoms with Crippen molar-refractivity contribution in [3.63, 3.8) is 0 Å². The quantitative estimate of drug-likeness (QED) is 0.444. The molecule has 2 aromatic rings. The number of hydrogen-bond donors (Lipinski definition) is 1. The van der Waals surface area contributed by atoms with E-state index < -0.39 is 12.1 Å². The Morgan fingerprint density at radius 1 is 0.956 bits per heavy atom. The number of carbonyl (C=O) groups excluding carboxylic acids is 2. The minimum atomic E-state index is -5.08. The first kappa shape index (κ1) is 34.3. The molecule has 2 fully saturated rings. The number of fused-ring (bicyclic) bond motifs is 1. The van der Waals surface area contributed by atoms with Crippen LogP contribution in [0.25, 0.3) is 0 Å². The third-order valence-corrected chi connectivity index (χ3v) is 8.32. The fraction of sp³-hybridized carbons (Fsp3) is 0.516. The van der Waals surface area contributed by atoms with E-state index in [1.54, 1.807) is 6.92 Å². The zero-order valence-corrected chi connectivity index (χ0v) is 25.9. The summed E-state index contributed by atoms with van der Waals surface area (Å²) in [6.07, 6.45) is -2.77. The van der Waals surface area contributed by atoms with Gasteiger partial charge >= 0.3 is 12.1 Å². The highest BCUT2D eigenvalue weighted by molar-refractivity contribution is 6.30. The van der Waals surface area contributed by atoms with Crippen molar-refractivity contribution in [3.8, 4) is 11.5 Å². The van der Waals surface area contributed by atoms with Crippen molar-refractivity contribution in [3.05, 3.63) is 53.1 Å². The first-order valence-electron chi connectivity index (χ1n) is 14.9. The summed E-state index contributed by atoms with van der Waals surface area (Å²) in [7, 11) is 0. The van der Waals surface area contributed by atoms with Crippen LogP contribution in [0.15, 0.2) is 42.5 Å². The summed E-state index contributed by atoms with van der Waals surface area (Å²) < 4.78 is 42.7. The summed E-state index contributed by atoms with van der Waals surface area (Å²) in [6.45, 7) is 9.75. The number of ether oxygens (including phenoxy) is 2. The zero-order chi connectivity index (χ0) is 32.6. The van der Waals surface area contributed by atoms with Crippen LogP contribution in [0.1, 0.15) is 31.7 Å². The van der Waals surface area contributed by atoms with Gasteiger partial charge in [-0.3, -0.25) is 14.5 Å². The van der Waals surface area contributed by atoms with E-state index in [9.17, 15) is 22.8 Å². The maximum absolute atomic E-state index is 13.6. The molecule has 0 unspecified atom stereocenters. The molecule has 0 spiro atoms. The van der Waals surface area contributed by atoms with Gasteiger partial charge in [0.1, 0.15) is 0 Å². The largest absolute Gasteiger partial charge is 0.490 e. The molecule has 246 valence electrons. The van der Waals surface area contributed by atoms with Crippen LogP contribution in [0.5, 0.6) is 11.5 Å². The smallest absolute Gasteiger partial charge is 0.475 e. The number of hydrogen-bond acceptors (Lipinski definition) is 7. The Kier molecular flexibility index (Phi) is 11.9. The molecule has 10 nitrogen and oxygen atoms in total. The highest BCUT2D eigenvalue weighted by Crippen LogP contribution is 2.33. The summed E-state index contributed by atoms with van der Waals surface area (Å²) in [5, 5.41) is 7.75. The zero-order valence-electron chi connectivity index (χ0n) is 25.1. The highest BCUT2D eigenvalue weighted by atomic mass is 35.5. The van der Waals surface area contributed by atoms with E-state index in [0.29, 0.717) is 44.3 Å². The van der Waals surface area contributed by atoms with Gasteiger partial charge in [-0.25, -0.2) is 4.79 Å². The molecule has 0 radical (unpaired) electrons. The fourth-order valence-electron chi connectivity index (χ4n) is 5.59. The SMILES string of the molecule is CC(=O)N1CCC(C(=O)N(CCCN2CCN(Cc3ccc4c(c3)OCO4)CC2)c2cccc(Cl)c2)CC1.O=C(O)C(F)(F)F. The normalized spacial score (nSPS) is 17.4. The molecule has 0 aromatic heterocycles. The first-order chi connectivity index (χ1) is 21.4. The van der Waals surface area contributed by atoms with E-state index >= 15 is 0 Å². The van der Waals surface area contributed by atoms with Crippen molar-refractivity contribution in [2.75, 3.05) is 64.1 Å². The first-order valence-corrected chi connectivity index (χ1v) is 15.2. The maximum Gasteiger partial charge on any atom is 0.490 e. The number of carbonyl (C=O) groups is 3. The van der Waals surface area contributed by atoms with Crippen molar-refractivity contribution in [2.24, 2.45) is 5.92 Å². The second-order valence-corrected chi connectivity index (χ2v) is 11.6. The van der Waals surface area contributed by atoms with Crippen LogP contribution < -0.4 is 14.4 Å². The molecule has 0 aliphatic carbocycles. The molecular formula is C31H38ClF3N4O6. The molecule has 14 heteroatoms. The number of amides is 2. The van der Waals surface area contributed by atoms with Gasteiger partial charge in [-0.15, -0.1) is 0 Å². The molecule has 1 N–H and O–H groups in total. The van der Waals surface area contributed by atoms with Gasteiger partial charge in [-0.05, 0) is 61.7 Å². The molecule has 2 amide bonds. The lowest BCUT2D eigenvalue weighted by Gasteiger charge is -2.36. The number of aliphatic carboxylic acids is 1. The van der Waals surface area contributed by atoms with Crippen molar-refractivity contribution >= 4 is 35.1 Å². The van der Waals surface area contributed by atoms with Crippen LogP contribution in [-0.4, -0.2) is 103 Å². The van der Waals surface area contributed by atoms with Gasteiger partial charge in [0.05, 0.1) is 0 Å². The molecule has 0 bridgehead atoms. The minimum Gasteiger partial charge on any atom is -0.475 e. The van der Waals surface area contributed by atoms with Crippen LogP contribution in [0, 0.1) is 5.92 Å². The van der Waals surface area contributed by atoms with E-state index in [4.69, 9.17) is 31.0 Å². The van der Waals surface area contributed by atoms with E-state index in [-0.39, 0.29) is 17.7 Å². The third kappa shape index (κ3) is 9.97. The highest BCUT2D eigenvalue weighted by Gasteiger charge is 2.38. The number of likely N-dealkylation sites (tertiary alicyclic amines) is 1. The Bertz CT molecular complexity index is 1330. The number of alkyl halides is 3. The molecule has 0 atom stereocenters. The number of nitrogens with zero attached hydrogens (tertiary/aromatic N) is 4. The Balaban J connectivity index is 0.000000591. The average molecular weight is 655 g/mol. The van der Waals surface area contributed by atoms with Gasteiger partial charge in [0.2, 0.25) is 18.6 Å². The number of carboxylic acid groups (broad SMARTS) is 1. The van der Waals surface area contributed by atoms with Crippen molar-refractivity contribution in [1.29, 1.82) is 0 Å². The van der Waals surface area contributed by atoms with Gasteiger partial charge in [0.15, 0.2) is 11.5 Å². The van der Waals surface area contributed by atoms with Gasteiger partial charge in [0, 0.05) is 75.9 Å². The number of halogens is 4. The average Bonchev–Trinajstić information content (AvgIpc) is 3.48. The Morgan fingerprint density at radius 2 is 1.60 bits per heavy atom. The lowest BCUT2D eigenvalue weighted by atomic mass is 9.94. The number of benzene rings is 2. The van der Waals surface area contributed by atoms with Gasteiger partial charge in [-0.1, -0.05) is 23.7 Å². The molecule has 0 saturated carbocycles. The van der Waals surface area contributed by atoms with E-state index in [1.165, 1.54) is 5.56 Å². The number of rotatable bonds is 8. The minimum absolute atomic E-state index is 0.0655. The van der Waals surface area contributed by atoms with E-state index in [0.717, 1.165) is 62.9 Å². The van der Waals surface area contributed by atoms with Gasteiger partial charge in [-0.2, -0.15) is 13.2 Å². The van der Waals surface area contributed by atoms with Crippen molar-refractivity contribution in [2.45, 2.75) is 38.9 Å². The molecule has 2 aromatic carbocycles. The van der Waals surface area contributed by atoms with Gasteiger partial charge < -0.3 is 29.3 Å². The maximum atomic E-state index is 13.6.